The van der Waals surface area contributed by atoms with Crippen LogP contribution in [-0.2, 0) is 4.74 Å². The van der Waals surface area contributed by atoms with Gasteiger partial charge in [-0.15, -0.1) is 0 Å². The monoisotopic (exact) mass is 363 g/mol. The van der Waals surface area contributed by atoms with Crippen molar-refractivity contribution in [3.05, 3.63) is 55.0 Å². The van der Waals surface area contributed by atoms with E-state index in [1.54, 1.807) is 0 Å². The Morgan fingerprint density at radius 2 is 1.85 bits per heavy atom. The van der Waals surface area contributed by atoms with Gasteiger partial charge < -0.3 is 18.9 Å². The highest BCUT2D eigenvalue weighted by atomic mass is 16.5. The first kappa shape index (κ1) is 16.6. The van der Waals surface area contributed by atoms with Crippen LogP contribution in [0.5, 0.6) is 5.75 Å². The van der Waals surface area contributed by atoms with Crippen LogP contribution in [0.15, 0.2) is 55.0 Å². The fourth-order valence-corrected chi connectivity index (χ4v) is 4.29. The van der Waals surface area contributed by atoms with Crippen LogP contribution in [0, 0.1) is 0 Å². The van der Waals surface area contributed by atoms with E-state index in [0.29, 0.717) is 6.04 Å². The van der Waals surface area contributed by atoms with Crippen LogP contribution in [-0.4, -0.2) is 42.0 Å². The molecule has 2 aliphatic rings. The summed E-state index contributed by atoms with van der Waals surface area (Å²) in [6.45, 7) is 3.70. The molecule has 2 aliphatic heterocycles. The summed E-state index contributed by atoms with van der Waals surface area (Å²) >= 11 is 0. The Kier molecular flexibility index (Phi) is 4.46. The van der Waals surface area contributed by atoms with Gasteiger partial charge in [-0.2, -0.15) is 0 Å². The molecule has 0 saturated carbocycles. The van der Waals surface area contributed by atoms with Gasteiger partial charge in [-0.1, -0.05) is 6.07 Å². The lowest BCUT2D eigenvalue weighted by molar-refractivity contribution is 0.173. The van der Waals surface area contributed by atoms with Crippen molar-refractivity contribution in [1.82, 2.24) is 9.55 Å². The molecule has 5 nitrogen and oxygen atoms in total. The molecule has 3 aromatic rings. The van der Waals surface area contributed by atoms with Gasteiger partial charge in [0, 0.05) is 62.2 Å². The van der Waals surface area contributed by atoms with Crippen molar-refractivity contribution in [3.63, 3.8) is 0 Å². The first-order valence-electron chi connectivity index (χ1n) is 9.87. The van der Waals surface area contributed by atoms with E-state index in [9.17, 15) is 0 Å². The highest BCUT2D eigenvalue weighted by molar-refractivity contribution is 5.86. The van der Waals surface area contributed by atoms with E-state index >= 15 is 0 Å². The number of hydrogen-bond donors (Lipinski definition) is 0. The normalized spacial score (nSPS) is 21.0. The minimum atomic E-state index is 0.270. The van der Waals surface area contributed by atoms with Gasteiger partial charge in [-0.05, 0) is 36.8 Å². The van der Waals surface area contributed by atoms with E-state index < -0.39 is 0 Å². The number of anilines is 1. The van der Waals surface area contributed by atoms with Crippen molar-refractivity contribution in [3.8, 4) is 5.75 Å². The summed E-state index contributed by atoms with van der Waals surface area (Å²) in [6.07, 6.45) is 9.33. The van der Waals surface area contributed by atoms with Crippen molar-refractivity contribution in [2.75, 3.05) is 31.2 Å². The zero-order valence-corrected chi connectivity index (χ0v) is 15.5. The number of aromatic nitrogens is 2. The Balaban J connectivity index is 1.29. The molecular weight excluding hydrogens is 338 g/mol. The highest BCUT2D eigenvalue weighted by Gasteiger charge is 2.23. The number of benzene rings is 1. The van der Waals surface area contributed by atoms with Crippen LogP contribution in [0.2, 0.25) is 0 Å². The second-order valence-electron chi connectivity index (χ2n) is 7.44. The summed E-state index contributed by atoms with van der Waals surface area (Å²) in [5, 5.41) is 1.21. The van der Waals surface area contributed by atoms with Gasteiger partial charge in [0.25, 0.3) is 0 Å². The van der Waals surface area contributed by atoms with Gasteiger partial charge in [0.05, 0.1) is 18.2 Å². The summed E-state index contributed by atoms with van der Waals surface area (Å²) in [7, 11) is 0. The van der Waals surface area contributed by atoms with Crippen molar-refractivity contribution in [2.45, 2.75) is 31.4 Å². The molecule has 27 heavy (non-hydrogen) atoms. The molecule has 140 valence electrons. The van der Waals surface area contributed by atoms with Gasteiger partial charge >= 0.3 is 0 Å². The molecule has 2 fully saturated rings. The molecule has 0 N–H and O–H groups in total. The fourth-order valence-electron chi connectivity index (χ4n) is 4.29. The molecule has 0 bridgehead atoms. The lowest BCUT2D eigenvalue weighted by Gasteiger charge is -2.33. The molecule has 0 radical (unpaired) electrons. The summed E-state index contributed by atoms with van der Waals surface area (Å²) in [5.41, 5.74) is 2.50. The quantitative estimate of drug-likeness (QED) is 0.701. The lowest BCUT2D eigenvalue weighted by atomic mass is 10.1. The minimum Gasteiger partial charge on any atom is -0.490 e. The molecule has 4 heterocycles. The predicted molar refractivity (Wildman–Crippen MR) is 107 cm³/mol. The zero-order valence-electron chi connectivity index (χ0n) is 15.5. The summed E-state index contributed by atoms with van der Waals surface area (Å²) in [5.74, 6) is 1.01. The molecule has 5 heteroatoms. The van der Waals surface area contributed by atoms with Gasteiger partial charge in [0.15, 0.2) is 0 Å². The van der Waals surface area contributed by atoms with Crippen LogP contribution < -0.4 is 9.64 Å². The highest BCUT2D eigenvalue weighted by Crippen LogP contribution is 2.33. The van der Waals surface area contributed by atoms with Crippen molar-refractivity contribution < 1.29 is 9.47 Å². The topological polar surface area (TPSA) is 39.5 Å². The number of hydrogen-bond acceptors (Lipinski definition) is 4. The van der Waals surface area contributed by atoms with E-state index in [1.807, 2.05) is 12.4 Å². The van der Waals surface area contributed by atoms with E-state index in [2.05, 4.69) is 57.0 Å². The molecule has 0 spiro atoms. The number of fused-ring (bicyclic) bond motifs is 1. The van der Waals surface area contributed by atoms with E-state index in [0.717, 1.165) is 51.3 Å². The Hall–Kier alpha value is -2.53. The first-order chi connectivity index (χ1) is 13.4. The van der Waals surface area contributed by atoms with E-state index in [1.165, 1.54) is 16.6 Å². The van der Waals surface area contributed by atoms with Crippen molar-refractivity contribution >= 4 is 16.6 Å². The SMILES string of the molecule is c1cc(OC2CCN(c3ccncc3)CC2)c2ccn(C3CCOC3)c2c1. The van der Waals surface area contributed by atoms with Crippen LogP contribution in [0.4, 0.5) is 5.69 Å². The molecule has 1 unspecified atom stereocenters. The van der Waals surface area contributed by atoms with Gasteiger partial charge in [-0.3, -0.25) is 4.98 Å². The van der Waals surface area contributed by atoms with Gasteiger partial charge in [0.2, 0.25) is 0 Å². The number of nitrogens with zero attached hydrogens (tertiary/aromatic N) is 3. The lowest BCUT2D eigenvalue weighted by Crippen LogP contribution is -2.38. The summed E-state index contributed by atoms with van der Waals surface area (Å²) in [6, 6.07) is 13.2. The van der Waals surface area contributed by atoms with Gasteiger partial charge in [0.1, 0.15) is 11.9 Å². The summed E-state index contributed by atoms with van der Waals surface area (Å²) < 4.78 is 14.4. The van der Waals surface area contributed by atoms with Crippen LogP contribution >= 0.6 is 0 Å². The zero-order chi connectivity index (χ0) is 18.1. The average molecular weight is 363 g/mol. The van der Waals surface area contributed by atoms with Crippen LogP contribution in [0.25, 0.3) is 10.9 Å². The Bertz CT molecular complexity index is 894. The van der Waals surface area contributed by atoms with Crippen LogP contribution in [0.1, 0.15) is 25.3 Å². The Morgan fingerprint density at radius 3 is 2.63 bits per heavy atom. The maximum Gasteiger partial charge on any atom is 0.129 e. The molecule has 0 amide bonds. The Labute approximate surface area is 159 Å². The maximum atomic E-state index is 6.45. The molecule has 5 rings (SSSR count). The second-order valence-corrected chi connectivity index (χ2v) is 7.44. The fraction of sp³-hybridized carbons (Fsp3) is 0.409. The molecule has 0 aliphatic carbocycles. The number of ether oxygens (including phenoxy) is 2. The van der Waals surface area contributed by atoms with E-state index in [4.69, 9.17) is 9.47 Å². The average Bonchev–Trinajstić information content (AvgIpc) is 3.39. The van der Waals surface area contributed by atoms with Crippen molar-refractivity contribution in [2.24, 2.45) is 0 Å². The number of piperidine rings is 1. The van der Waals surface area contributed by atoms with Gasteiger partial charge in [-0.25, -0.2) is 0 Å². The molecule has 1 atom stereocenters. The predicted octanol–water partition coefficient (Wildman–Crippen LogP) is 4.05. The third-order valence-corrected chi connectivity index (χ3v) is 5.79. The van der Waals surface area contributed by atoms with Crippen molar-refractivity contribution in [1.29, 1.82) is 0 Å². The van der Waals surface area contributed by atoms with Crippen LogP contribution in [0.3, 0.4) is 0 Å². The first-order valence-corrected chi connectivity index (χ1v) is 9.87. The van der Waals surface area contributed by atoms with E-state index in [-0.39, 0.29) is 6.10 Å². The third kappa shape index (κ3) is 3.28. The largest absolute Gasteiger partial charge is 0.490 e. The summed E-state index contributed by atoms with van der Waals surface area (Å²) in [4.78, 5) is 6.52. The standard InChI is InChI=1S/C22H25N3O2/c1-2-21-20(8-14-25(21)18-9-15-26-16-18)22(3-1)27-19-6-12-24(13-7-19)17-4-10-23-11-5-17/h1-5,8,10-11,14,18-19H,6-7,9,12-13,15-16H2. The number of pyridine rings is 1. The maximum absolute atomic E-state index is 6.45. The minimum absolute atomic E-state index is 0.270. The molecule has 2 saturated heterocycles. The smallest absolute Gasteiger partial charge is 0.129 e. The molecule has 1 aromatic carbocycles. The number of rotatable bonds is 4. The Morgan fingerprint density at radius 1 is 1.00 bits per heavy atom. The second kappa shape index (κ2) is 7.24. The molecular formula is C22H25N3O2. The third-order valence-electron chi connectivity index (χ3n) is 5.79. The molecule has 2 aromatic heterocycles.